The Bertz CT molecular complexity index is 973. The van der Waals surface area contributed by atoms with Gasteiger partial charge in [-0.2, -0.15) is 0 Å². The van der Waals surface area contributed by atoms with Gasteiger partial charge in [-0.05, 0) is 42.0 Å². The zero-order valence-corrected chi connectivity index (χ0v) is 16.4. The van der Waals surface area contributed by atoms with E-state index >= 15 is 0 Å². The van der Waals surface area contributed by atoms with Crippen LogP contribution in [0.15, 0.2) is 58.9 Å². The highest BCUT2D eigenvalue weighted by Crippen LogP contribution is 2.25. The third-order valence-electron chi connectivity index (χ3n) is 4.74. The number of rotatable bonds is 5. The summed E-state index contributed by atoms with van der Waals surface area (Å²) in [5.41, 5.74) is 10.00. The zero-order chi connectivity index (χ0) is 19.3. The normalized spacial score (nSPS) is 15.2. The van der Waals surface area contributed by atoms with Gasteiger partial charge in [0.05, 0.1) is 24.6 Å². The molecule has 4 rings (SSSR count). The van der Waals surface area contributed by atoms with Gasteiger partial charge in [0.15, 0.2) is 4.80 Å². The summed E-state index contributed by atoms with van der Waals surface area (Å²) < 4.78 is 20.7. The summed E-state index contributed by atoms with van der Waals surface area (Å²) >= 11 is 1.56. The highest BCUT2D eigenvalue weighted by atomic mass is 32.1. The second kappa shape index (κ2) is 8.68. The van der Waals surface area contributed by atoms with Crippen LogP contribution < -0.4 is 15.4 Å². The molecule has 0 aliphatic carbocycles. The topological polar surface area (TPSA) is 55.8 Å². The number of hydrogen-bond donors (Lipinski definition) is 1. The van der Waals surface area contributed by atoms with E-state index in [4.69, 9.17) is 10.5 Å². The molecular formula is C21H23FN4OS. The lowest BCUT2D eigenvalue weighted by molar-refractivity contribution is 0.122. The van der Waals surface area contributed by atoms with Gasteiger partial charge in [0.25, 0.3) is 0 Å². The summed E-state index contributed by atoms with van der Waals surface area (Å²) in [6.45, 7) is 4.58. The molecule has 3 aromatic rings. The highest BCUT2D eigenvalue weighted by Gasteiger charge is 2.12. The Kier molecular flexibility index (Phi) is 5.85. The van der Waals surface area contributed by atoms with E-state index in [2.05, 4.69) is 44.1 Å². The summed E-state index contributed by atoms with van der Waals surface area (Å²) in [7, 11) is 0. The molecule has 0 saturated carbocycles. The van der Waals surface area contributed by atoms with E-state index in [0.29, 0.717) is 13.1 Å². The largest absolute Gasteiger partial charge is 0.378 e. The van der Waals surface area contributed by atoms with Crippen molar-refractivity contribution in [2.75, 3.05) is 37.7 Å². The van der Waals surface area contributed by atoms with Gasteiger partial charge in [-0.25, -0.2) is 9.38 Å². The minimum atomic E-state index is -0.263. The molecule has 146 valence electrons. The number of nitrogens with two attached hydrogens (primary N) is 1. The summed E-state index contributed by atoms with van der Waals surface area (Å²) in [4.78, 5) is 7.86. The molecule has 0 amide bonds. The molecule has 0 radical (unpaired) electrons. The van der Waals surface area contributed by atoms with E-state index in [-0.39, 0.29) is 5.82 Å². The molecular weight excluding hydrogens is 375 g/mol. The number of thiazole rings is 1. The molecule has 5 nitrogen and oxygen atoms in total. The van der Waals surface area contributed by atoms with E-state index in [1.807, 2.05) is 0 Å². The third kappa shape index (κ3) is 4.16. The fourth-order valence-electron chi connectivity index (χ4n) is 3.29. The first kappa shape index (κ1) is 18.9. The van der Waals surface area contributed by atoms with Crippen molar-refractivity contribution >= 4 is 22.7 Å². The number of halogens is 1. The van der Waals surface area contributed by atoms with E-state index in [1.54, 1.807) is 23.5 Å². The van der Waals surface area contributed by atoms with Crippen LogP contribution in [-0.4, -0.2) is 37.4 Å². The molecule has 2 aromatic carbocycles. The summed E-state index contributed by atoms with van der Waals surface area (Å²) in [6, 6.07) is 14.8. The lowest BCUT2D eigenvalue weighted by Gasteiger charge is -2.28. The van der Waals surface area contributed by atoms with Crippen molar-refractivity contribution < 1.29 is 9.13 Å². The molecule has 0 bridgehead atoms. The van der Waals surface area contributed by atoms with Crippen molar-refractivity contribution in [3.05, 3.63) is 64.5 Å². The quantitative estimate of drug-likeness (QED) is 0.717. The van der Waals surface area contributed by atoms with E-state index < -0.39 is 0 Å². The number of benzene rings is 2. The number of morpholine rings is 1. The van der Waals surface area contributed by atoms with E-state index in [9.17, 15) is 4.39 Å². The highest BCUT2D eigenvalue weighted by molar-refractivity contribution is 7.07. The lowest BCUT2D eigenvalue weighted by Crippen LogP contribution is -2.36. The van der Waals surface area contributed by atoms with Crippen LogP contribution in [0.2, 0.25) is 0 Å². The number of nitrogens with zero attached hydrogens (tertiary/aromatic N) is 3. The Morgan fingerprint density at radius 2 is 1.75 bits per heavy atom. The maximum absolute atomic E-state index is 13.1. The van der Waals surface area contributed by atoms with Crippen LogP contribution in [0.5, 0.6) is 0 Å². The zero-order valence-electron chi connectivity index (χ0n) is 15.6. The predicted octanol–water partition coefficient (Wildman–Crippen LogP) is 3.38. The van der Waals surface area contributed by atoms with Gasteiger partial charge in [-0.1, -0.05) is 12.1 Å². The predicted molar refractivity (Wildman–Crippen MR) is 111 cm³/mol. The van der Waals surface area contributed by atoms with Crippen molar-refractivity contribution in [2.24, 2.45) is 10.7 Å². The van der Waals surface area contributed by atoms with Gasteiger partial charge in [0.2, 0.25) is 0 Å². The van der Waals surface area contributed by atoms with Crippen LogP contribution in [0.4, 0.5) is 15.8 Å². The van der Waals surface area contributed by atoms with Crippen LogP contribution in [-0.2, 0) is 11.3 Å². The van der Waals surface area contributed by atoms with Gasteiger partial charge in [-0.3, -0.25) is 0 Å². The van der Waals surface area contributed by atoms with Crippen molar-refractivity contribution in [1.82, 2.24) is 4.57 Å². The second-order valence-corrected chi connectivity index (χ2v) is 7.41. The average molecular weight is 399 g/mol. The van der Waals surface area contributed by atoms with Crippen molar-refractivity contribution in [3.8, 4) is 11.3 Å². The Labute approximate surface area is 167 Å². The Morgan fingerprint density at radius 1 is 1.04 bits per heavy atom. The molecule has 1 aliphatic rings. The Hall–Kier alpha value is -2.48. The van der Waals surface area contributed by atoms with E-state index in [0.717, 1.165) is 48.0 Å². The first-order valence-electron chi connectivity index (χ1n) is 9.36. The number of aromatic nitrogens is 1. The van der Waals surface area contributed by atoms with Crippen LogP contribution in [0, 0.1) is 5.82 Å². The monoisotopic (exact) mass is 398 g/mol. The number of anilines is 1. The number of hydrogen-bond acceptors (Lipinski definition) is 5. The minimum absolute atomic E-state index is 0.263. The second-order valence-electron chi connectivity index (χ2n) is 6.58. The SMILES string of the molecule is NCCn1c(-c2ccc(N3CCOCC3)cc2)csc1=Nc1ccc(F)cc1. The van der Waals surface area contributed by atoms with Gasteiger partial charge in [0.1, 0.15) is 5.82 Å². The molecule has 0 atom stereocenters. The van der Waals surface area contributed by atoms with Crippen LogP contribution in [0.25, 0.3) is 11.3 Å². The maximum atomic E-state index is 13.1. The molecule has 2 heterocycles. The van der Waals surface area contributed by atoms with Gasteiger partial charge in [-0.15, -0.1) is 11.3 Å². The smallest absolute Gasteiger partial charge is 0.190 e. The maximum Gasteiger partial charge on any atom is 0.190 e. The standard InChI is InChI=1S/C21H23FN4OS/c22-17-3-5-18(6-4-17)24-21-26(10-9-23)20(15-28-21)16-1-7-19(8-2-16)25-11-13-27-14-12-25/h1-8,15H,9-14,23H2. The van der Waals surface area contributed by atoms with Crippen LogP contribution in [0.1, 0.15) is 0 Å². The summed E-state index contributed by atoms with van der Waals surface area (Å²) in [5.74, 6) is -0.263. The fraction of sp³-hybridized carbons (Fsp3) is 0.286. The molecule has 1 aromatic heterocycles. The molecule has 2 N–H and O–H groups in total. The first-order valence-corrected chi connectivity index (χ1v) is 10.2. The number of ether oxygens (including phenoxy) is 1. The Morgan fingerprint density at radius 3 is 2.43 bits per heavy atom. The molecule has 1 aliphatic heterocycles. The molecule has 0 unspecified atom stereocenters. The lowest BCUT2D eigenvalue weighted by atomic mass is 10.1. The Balaban J connectivity index is 1.65. The average Bonchev–Trinajstić information content (AvgIpc) is 3.13. The summed E-state index contributed by atoms with van der Waals surface area (Å²) in [5, 5.41) is 2.10. The molecule has 1 fully saturated rings. The van der Waals surface area contributed by atoms with Gasteiger partial charge in [0, 0.05) is 37.2 Å². The van der Waals surface area contributed by atoms with Gasteiger partial charge >= 0.3 is 0 Å². The third-order valence-corrected chi connectivity index (χ3v) is 5.60. The van der Waals surface area contributed by atoms with Crippen molar-refractivity contribution in [1.29, 1.82) is 0 Å². The molecule has 7 heteroatoms. The molecule has 1 saturated heterocycles. The summed E-state index contributed by atoms with van der Waals surface area (Å²) in [6.07, 6.45) is 0. The fourth-order valence-corrected chi connectivity index (χ4v) is 4.24. The minimum Gasteiger partial charge on any atom is -0.378 e. The first-order chi connectivity index (χ1) is 13.7. The van der Waals surface area contributed by atoms with Crippen molar-refractivity contribution in [3.63, 3.8) is 0 Å². The van der Waals surface area contributed by atoms with Crippen LogP contribution >= 0.6 is 11.3 Å². The van der Waals surface area contributed by atoms with Crippen molar-refractivity contribution in [2.45, 2.75) is 6.54 Å². The van der Waals surface area contributed by atoms with Gasteiger partial charge < -0.3 is 19.9 Å². The van der Waals surface area contributed by atoms with Crippen LogP contribution in [0.3, 0.4) is 0 Å². The molecule has 28 heavy (non-hydrogen) atoms. The molecule has 0 spiro atoms. The van der Waals surface area contributed by atoms with E-state index in [1.165, 1.54) is 17.8 Å².